The first-order valence-electron chi connectivity index (χ1n) is 8.66. The van der Waals surface area contributed by atoms with Crippen molar-refractivity contribution < 1.29 is 4.21 Å². The standard InChI is InChI=1S/C20H24N4OS/c1-5-19-20-16(11-23-19)9-15(10-24-20)14(3)21-12-17-7-8-18(13-22-17)26(4,25)6-2/h1,7-10,13-14,19,21,23H,4,6,11-12H2,2-3H3. The monoisotopic (exact) mass is 368 g/mol. The van der Waals surface area contributed by atoms with Gasteiger partial charge in [-0.15, -0.1) is 6.42 Å². The van der Waals surface area contributed by atoms with Gasteiger partial charge in [-0.05, 0) is 51.6 Å². The van der Waals surface area contributed by atoms with Gasteiger partial charge in [0.25, 0.3) is 0 Å². The molecule has 3 atom stereocenters. The number of aromatic nitrogens is 2. The SMILES string of the molecule is C#CC1NCc2cc(C(C)NCc3ccc(S(=C)(=O)CC)cn3)cnc21. The molecule has 2 N–H and O–H groups in total. The number of hydrogen-bond acceptors (Lipinski definition) is 5. The van der Waals surface area contributed by atoms with Crippen LogP contribution in [0.15, 0.2) is 35.5 Å². The van der Waals surface area contributed by atoms with Crippen molar-refractivity contribution in [1.82, 2.24) is 20.6 Å². The van der Waals surface area contributed by atoms with Crippen molar-refractivity contribution in [3.05, 3.63) is 53.1 Å². The molecule has 5 nitrogen and oxygen atoms in total. The lowest BCUT2D eigenvalue weighted by atomic mass is 10.1. The van der Waals surface area contributed by atoms with Crippen molar-refractivity contribution >= 4 is 15.4 Å². The molecule has 0 aliphatic carbocycles. The van der Waals surface area contributed by atoms with Gasteiger partial charge >= 0.3 is 0 Å². The van der Waals surface area contributed by atoms with Crippen LogP contribution in [0.3, 0.4) is 0 Å². The fourth-order valence-electron chi connectivity index (χ4n) is 2.90. The Kier molecular flexibility index (Phi) is 5.42. The third kappa shape index (κ3) is 3.80. The van der Waals surface area contributed by atoms with Crippen LogP contribution in [0.5, 0.6) is 0 Å². The molecule has 0 saturated carbocycles. The summed E-state index contributed by atoms with van der Waals surface area (Å²) in [5.74, 6) is 7.02. The van der Waals surface area contributed by atoms with Gasteiger partial charge in [0.05, 0.1) is 11.4 Å². The summed E-state index contributed by atoms with van der Waals surface area (Å²) in [6.45, 7) is 5.34. The predicted molar refractivity (Wildman–Crippen MR) is 106 cm³/mol. The lowest BCUT2D eigenvalue weighted by Gasteiger charge is -2.15. The Balaban J connectivity index is 1.64. The van der Waals surface area contributed by atoms with Gasteiger partial charge in [-0.2, -0.15) is 0 Å². The summed E-state index contributed by atoms with van der Waals surface area (Å²) < 4.78 is 12.3. The van der Waals surface area contributed by atoms with E-state index in [1.807, 2.05) is 25.3 Å². The van der Waals surface area contributed by atoms with Gasteiger partial charge in [-0.25, -0.2) is 0 Å². The van der Waals surface area contributed by atoms with E-state index >= 15 is 0 Å². The number of rotatable bonds is 6. The summed E-state index contributed by atoms with van der Waals surface area (Å²) in [5.41, 5.74) is 4.13. The Morgan fingerprint density at radius 3 is 2.92 bits per heavy atom. The highest BCUT2D eigenvalue weighted by atomic mass is 32.2. The fraction of sp³-hybridized carbons (Fsp3) is 0.350. The topological polar surface area (TPSA) is 66.9 Å². The van der Waals surface area contributed by atoms with Crippen molar-refractivity contribution in [2.45, 2.75) is 43.9 Å². The quantitative estimate of drug-likeness (QED) is 0.604. The summed E-state index contributed by atoms with van der Waals surface area (Å²) in [6.07, 6.45) is 9.06. The number of hydrogen-bond donors (Lipinski definition) is 2. The molecule has 0 saturated heterocycles. The summed E-state index contributed by atoms with van der Waals surface area (Å²) in [4.78, 5) is 9.65. The van der Waals surface area contributed by atoms with Crippen LogP contribution in [0.1, 0.15) is 48.4 Å². The highest BCUT2D eigenvalue weighted by molar-refractivity contribution is 8.00. The average Bonchev–Trinajstić information content (AvgIpc) is 3.08. The minimum atomic E-state index is -2.21. The maximum atomic E-state index is 12.3. The van der Waals surface area contributed by atoms with E-state index in [1.165, 1.54) is 0 Å². The van der Waals surface area contributed by atoms with Crippen molar-refractivity contribution in [2.75, 3.05) is 5.75 Å². The second kappa shape index (κ2) is 7.58. The Bertz CT molecular complexity index is 929. The Labute approximate surface area is 155 Å². The van der Waals surface area contributed by atoms with Crippen LogP contribution in [-0.2, 0) is 22.6 Å². The zero-order valence-electron chi connectivity index (χ0n) is 15.2. The first-order valence-corrected chi connectivity index (χ1v) is 10.6. The molecule has 1 aliphatic rings. The second-order valence-corrected chi connectivity index (χ2v) is 9.15. The van der Waals surface area contributed by atoms with Gasteiger partial charge in [-0.1, -0.05) is 12.8 Å². The number of nitrogens with zero attached hydrogens (tertiary/aromatic N) is 2. The first-order chi connectivity index (χ1) is 12.4. The zero-order chi connectivity index (χ0) is 18.7. The normalized spacial score (nSPS) is 19.3. The largest absolute Gasteiger partial charge is 0.305 e. The first kappa shape index (κ1) is 18.6. The van der Waals surface area contributed by atoms with E-state index < -0.39 is 9.52 Å². The third-order valence-corrected chi connectivity index (χ3v) is 6.78. The molecule has 0 amide bonds. The minimum Gasteiger partial charge on any atom is -0.305 e. The summed E-state index contributed by atoms with van der Waals surface area (Å²) in [6, 6.07) is 5.96. The Hall–Kier alpha value is -2.20. The fourth-order valence-corrected chi connectivity index (χ4v) is 3.80. The van der Waals surface area contributed by atoms with Gasteiger partial charge in [-0.3, -0.25) is 19.5 Å². The molecule has 26 heavy (non-hydrogen) atoms. The molecule has 6 heteroatoms. The Morgan fingerprint density at radius 2 is 2.27 bits per heavy atom. The summed E-state index contributed by atoms with van der Waals surface area (Å²) >= 11 is 0. The molecule has 1 aliphatic heterocycles. The van der Waals surface area contributed by atoms with E-state index in [-0.39, 0.29) is 12.1 Å². The molecule has 3 unspecified atom stereocenters. The average molecular weight is 369 g/mol. The molecule has 2 aromatic heterocycles. The molecular weight excluding hydrogens is 344 g/mol. The lowest BCUT2D eigenvalue weighted by molar-refractivity contribution is 0.565. The van der Waals surface area contributed by atoms with E-state index in [2.05, 4.69) is 45.4 Å². The van der Waals surface area contributed by atoms with E-state index in [0.717, 1.165) is 29.1 Å². The molecule has 3 rings (SSSR count). The third-order valence-electron chi connectivity index (χ3n) is 4.74. The Morgan fingerprint density at radius 1 is 1.46 bits per heavy atom. The van der Waals surface area contributed by atoms with Gasteiger partial charge < -0.3 is 5.32 Å². The highest BCUT2D eigenvalue weighted by Gasteiger charge is 2.22. The van der Waals surface area contributed by atoms with Gasteiger partial charge in [0.1, 0.15) is 6.04 Å². The second-order valence-electron chi connectivity index (χ2n) is 6.48. The maximum Gasteiger partial charge on any atom is 0.112 e. The molecule has 3 heterocycles. The summed E-state index contributed by atoms with van der Waals surface area (Å²) in [5, 5.41) is 6.71. The van der Waals surface area contributed by atoms with Crippen LogP contribution in [0.25, 0.3) is 0 Å². The van der Waals surface area contributed by atoms with Crippen LogP contribution in [0, 0.1) is 12.3 Å². The number of terminal acetylenes is 1. The lowest BCUT2D eigenvalue weighted by Crippen LogP contribution is -2.19. The van der Waals surface area contributed by atoms with E-state index in [0.29, 0.717) is 17.2 Å². The van der Waals surface area contributed by atoms with Crippen molar-refractivity contribution in [2.24, 2.45) is 0 Å². The molecule has 0 fully saturated rings. The molecular formula is C20H24N4OS. The molecule has 0 bridgehead atoms. The maximum absolute atomic E-state index is 12.3. The van der Waals surface area contributed by atoms with Crippen LogP contribution in [0.4, 0.5) is 0 Å². The van der Waals surface area contributed by atoms with Gasteiger partial charge in [0, 0.05) is 42.2 Å². The van der Waals surface area contributed by atoms with E-state index in [9.17, 15) is 4.21 Å². The van der Waals surface area contributed by atoms with Crippen LogP contribution in [-0.4, -0.2) is 25.8 Å². The van der Waals surface area contributed by atoms with Crippen LogP contribution in [0.2, 0.25) is 0 Å². The van der Waals surface area contributed by atoms with Gasteiger partial charge in [0.2, 0.25) is 0 Å². The van der Waals surface area contributed by atoms with Gasteiger partial charge in [0.15, 0.2) is 0 Å². The van der Waals surface area contributed by atoms with E-state index in [4.69, 9.17) is 6.42 Å². The molecule has 0 spiro atoms. The van der Waals surface area contributed by atoms with Crippen LogP contribution >= 0.6 is 0 Å². The number of pyridine rings is 2. The smallest absolute Gasteiger partial charge is 0.112 e. The van der Waals surface area contributed by atoms with Crippen molar-refractivity contribution in [3.63, 3.8) is 0 Å². The highest BCUT2D eigenvalue weighted by Crippen LogP contribution is 2.25. The minimum absolute atomic E-state index is 0.0866. The zero-order valence-corrected chi connectivity index (χ0v) is 16.0. The molecule has 136 valence electrons. The number of nitrogens with one attached hydrogen (secondary N) is 2. The van der Waals surface area contributed by atoms with Crippen LogP contribution < -0.4 is 10.6 Å². The molecule has 0 aromatic carbocycles. The molecule has 2 aromatic rings. The van der Waals surface area contributed by atoms with Crippen molar-refractivity contribution in [3.8, 4) is 12.3 Å². The van der Waals surface area contributed by atoms with Crippen molar-refractivity contribution in [1.29, 1.82) is 0 Å². The predicted octanol–water partition coefficient (Wildman–Crippen LogP) is 2.20. The molecule has 0 radical (unpaired) electrons. The van der Waals surface area contributed by atoms with E-state index in [1.54, 1.807) is 6.20 Å². The number of fused-ring (bicyclic) bond motifs is 1. The summed E-state index contributed by atoms with van der Waals surface area (Å²) in [7, 11) is -2.21.